The van der Waals surface area contributed by atoms with Crippen LogP contribution >= 0.6 is 11.9 Å². The number of carbonyl (C=O) groups is 1. The molecule has 3 aromatic rings. The molecule has 5 heteroatoms. The van der Waals surface area contributed by atoms with Crippen LogP contribution in [0, 0.1) is 5.92 Å². The van der Waals surface area contributed by atoms with Crippen LogP contribution in [0.5, 0.6) is 0 Å². The van der Waals surface area contributed by atoms with Gasteiger partial charge in [-0.3, -0.25) is 4.79 Å². The van der Waals surface area contributed by atoms with Gasteiger partial charge in [0.15, 0.2) is 0 Å². The molecule has 3 fully saturated rings. The first-order valence-corrected chi connectivity index (χ1v) is 14.0. The summed E-state index contributed by atoms with van der Waals surface area (Å²) in [4.78, 5) is 15.7. The SMILES string of the molecule is O=C(Cc1ccccc1N1CCCC1)SN1C[C@@H]2OCCC(c3ccccc3)(c3ccccc3)[C@@H]2C1. The molecule has 0 aromatic heterocycles. The summed E-state index contributed by atoms with van der Waals surface area (Å²) >= 11 is 1.41. The van der Waals surface area contributed by atoms with Crippen LogP contribution in [-0.2, 0) is 21.4 Å². The van der Waals surface area contributed by atoms with Gasteiger partial charge in [0.05, 0.1) is 6.10 Å². The van der Waals surface area contributed by atoms with Crippen LogP contribution in [0.3, 0.4) is 0 Å². The lowest BCUT2D eigenvalue weighted by Crippen LogP contribution is -2.48. The fourth-order valence-electron chi connectivity index (χ4n) is 6.63. The van der Waals surface area contributed by atoms with Crippen molar-refractivity contribution in [3.63, 3.8) is 0 Å². The second kappa shape index (κ2) is 10.4. The van der Waals surface area contributed by atoms with Crippen molar-refractivity contribution in [2.24, 2.45) is 5.92 Å². The van der Waals surface area contributed by atoms with Gasteiger partial charge in [-0.1, -0.05) is 78.9 Å². The first kappa shape index (κ1) is 23.8. The van der Waals surface area contributed by atoms with Gasteiger partial charge in [-0.2, -0.15) is 0 Å². The van der Waals surface area contributed by atoms with E-state index in [1.807, 2.05) is 0 Å². The highest BCUT2D eigenvalue weighted by Crippen LogP contribution is 2.50. The highest BCUT2D eigenvalue weighted by molar-refractivity contribution is 8.11. The van der Waals surface area contributed by atoms with E-state index in [0.717, 1.165) is 44.8 Å². The lowest BCUT2D eigenvalue weighted by molar-refractivity contribution is -0.110. The molecule has 0 amide bonds. The van der Waals surface area contributed by atoms with E-state index < -0.39 is 0 Å². The molecule has 4 nitrogen and oxygen atoms in total. The minimum absolute atomic E-state index is 0.105. The second-order valence-electron chi connectivity index (χ2n) is 10.3. The Balaban J connectivity index is 1.22. The molecule has 6 rings (SSSR count). The van der Waals surface area contributed by atoms with Crippen molar-refractivity contribution in [3.05, 3.63) is 102 Å². The van der Waals surface area contributed by atoms with Gasteiger partial charge in [0.25, 0.3) is 0 Å². The summed E-state index contributed by atoms with van der Waals surface area (Å²) in [6.07, 6.45) is 4.01. The predicted octanol–water partition coefficient (Wildman–Crippen LogP) is 5.71. The number of hydrogen-bond donors (Lipinski definition) is 0. The van der Waals surface area contributed by atoms with E-state index >= 15 is 0 Å². The largest absolute Gasteiger partial charge is 0.376 e. The molecule has 0 spiro atoms. The topological polar surface area (TPSA) is 32.8 Å². The molecular weight excluding hydrogens is 464 g/mol. The Morgan fingerprint density at radius 3 is 2.19 bits per heavy atom. The van der Waals surface area contributed by atoms with Crippen molar-refractivity contribution in [2.75, 3.05) is 37.7 Å². The lowest BCUT2D eigenvalue weighted by Gasteiger charge is -2.46. The number of hydrogen-bond acceptors (Lipinski definition) is 5. The molecule has 0 aliphatic carbocycles. The summed E-state index contributed by atoms with van der Waals surface area (Å²) in [5.41, 5.74) is 4.98. The molecule has 0 saturated carbocycles. The molecule has 3 saturated heterocycles. The van der Waals surface area contributed by atoms with Crippen LogP contribution in [-0.4, -0.2) is 48.3 Å². The fourth-order valence-corrected chi connectivity index (χ4v) is 7.59. The zero-order valence-electron chi connectivity index (χ0n) is 20.7. The maximum Gasteiger partial charge on any atom is 0.208 e. The van der Waals surface area contributed by atoms with E-state index in [4.69, 9.17) is 4.74 Å². The Labute approximate surface area is 218 Å². The van der Waals surface area contributed by atoms with Crippen LogP contribution in [0.25, 0.3) is 0 Å². The molecular formula is C31H34N2O2S. The van der Waals surface area contributed by atoms with E-state index in [9.17, 15) is 4.79 Å². The molecule has 36 heavy (non-hydrogen) atoms. The van der Waals surface area contributed by atoms with Gasteiger partial charge < -0.3 is 9.64 Å². The quantitative estimate of drug-likeness (QED) is 0.407. The predicted molar refractivity (Wildman–Crippen MR) is 147 cm³/mol. The Bertz CT molecular complexity index is 1140. The lowest BCUT2D eigenvalue weighted by atomic mass is 9.62. The minimum atomic E-state index is -0.105. The molecule has 2 atom stereocenters. The molecule has 3 aromatic carbocycles. The molecule has 3 aliphatic rings. The Kier molecular flexibility index (Phi) is 6.87. The zero-order valence-corrected chi connectivity index (χ0v) is 21.5. The average Bonchev–Trinajstić information content (AvgIpc) is 3.60. The normalized spacial score (nSPS) is 23.5. The molecule has 0 unspecified atom stereocenters. The summed E-state index contributed by atoms with van der Waals surface area (Å²) < 4.78 is 8.61. The third-order valence-corrected chi connectivity index (χ3v) is 9.18. The molecule has 0 radical (unpaired) electrons. The Morgan fingerprint density at radius 1 is 0.861 bits per heavy atom. The summed E-state index contributed by atoms with van der Waals surface area (Å²) in [6.45, 7) is 4.55. The number of rotatable bonds is 6. The number of fused-ring (bicyclic) bond motifs is 1. The molecule has 3 aliphatic heterocycles. The summed E-state index contributed by atoms with van der Waals surface area (Å²) in [5, 5.41) is 0.213. The highest BCUT2D eigenvalue weighted by atomic mass is 32.2. The van der Waals surface area contributed by atoms with Crippen molar-refractivity contribution in [1.29, 1.82) is 0 Å². The first-order chi connectivity index (χ1) is 17.7. The summed E-state index contributed by atoms with van der Waals surface area (Å²) in [6, 6.07) is 30.3. The van der Waals surface area contributed by atoms with E-state index in [1.165, 1.54) is 41.6 Å². The average molecular weight is 499 g/mol. The van der Waals surface area contributed by atoms with Crippen LogP contribution in [0.4, 0.5) is 5.69 Å². The summed E-state index contributed by atoms with van der Waals surface area (Å²) in [7, 11) is 0. The van der Waals surface area contributed by atoms with E-state index in [0.29, 0.717) is 12.3 Å². The van der Waals surface area contributed by atoms with Gasteiger partial charge >= 0.3 is 0 Å². The third-order valence-electron chi connectivity index (χ3n) is 8.28. The van der Waals surface area contributed by atoms with Crippen LogP contribution in [0.1, 0.15) is 36.0 Å². The fraction of sp³-hybridized carbons (Fsp3) is 0.387. The highest BCUT2D eigenvalue weighted by Gasteiger charge is 2.52. The second-order valence-corrected chi connectivity index (χ2v) is 11.4. The van der Waals surface area contributed by atoms with Gasteiger partial charge in [0, 0.05) is 56.2 Å². The summed E-state index contributed by atoms with van der Waals surface area (Å²) in [5.74, 6) is 0.299. The van der Waals surface area contributed by atoms with E-state index in [-0.39, 0.29) is 16.6 Å². The van der Waals surface area contributed by atoms with Crippen LogP contribution < -0.4 is 4.90 Å². The molecule has 3 heterocycles. The van der Waals surface area contributed by atoms with E-state index in [1.54, 1.807) is 0 Å². The number of ether oxygens (including phenoxy) is 1. The number of benzene rings is 3. The maximum absolute atomic E-state index is 13.3. The first-order valence-electron chi connectivity index (χ1n) is 13.3. The minimum Gasteiger partial charge on any atom is -0.376 e. The number of anilines is 1. The van der Waals surface area contributed by atoms with Gasteiger partial charge in [0.2, 0.25) is 5.12 Å². The van der Waals surface area contributed by atoms with E-state index in [2.05, 4.69) is 94.1 Å². The number of carbonyl (C=O) groups excluding carboxylic acids is 1. The van der Waals surface area contributed by atoms with Crippen LogP contribution in [0.2, 0.25) is 0 Å². The number of para-hydroxylation sites is 1. The van der Waals surface area contributed by atoms with Crippen molar-refractivity contribution < 1.29 is 9.53 Å². The Hall–Kier alpha value is -2.60. The molecule has 0 bridgehead atoms. The Morgan fingerprint density at radius 2 is 1.50 bits per heavy atom. The smallest absolute Gasteiger partial charge is 0.208 e. The van der Waals surface area contributed by atoms with Gasteiger partial charge in [-0.25, -0.2) is 4.31 Å². The van der Waals surface area contributed by atoms with Gasteiger partial charge in [-0.15, -0.1) is 0 Å². The van der Waals surface area contributed by atoms with Gasteiger partial charge in [0.1, 0.15) is 0 Å². The van der Waals surface area contributed by atoms with Crippen molar-refractivity contribution in [1.82, 2.24) is 4.31 Å². The zero-order chi connectivity index (χ0) is 24.4. The number of nitrogens with zero attached hydrogens (tertiary/aromatic N) is 2. The third kappa shape index (κ3) is 4.49. The molecule has 0 N–H and O–H groups in total. The van der Waals surface area contributed by atoms with Crippen molar-refractivity contribution in [2.45, 2.75) is 37.2 Å². The van der Waals surface area contributed by atoms with Crippen LogP contribution in [0.15, 0.2) is 84.9 Å². The van der Waals surface area contributed by atoms with Crippen molar-refractivity contribution >= 4 is 22.8 Å². The molecule has 186 valence electrons. The van der Waals surface area contributed by atoms with Crippen molar-refractivity contribution in [3.8, 4) is 0 Å². The maximum atomic E-state index is 13.3. The standard InChI is InChI=1S/C31H34N2O2S/c34-30(21-24-11-7-8-16-28(24)32-18-9-10-19-32)36-33-22-27-29(23-33)35-20-17-31(27,25-12-3-1-4-13-25)26-14-5-2-6-15-26/h1-8,11-16,27,29H,9-10,17-23H2/t27-,29+/m1/s1. The van der Waals surface area contributed by atoms with Gasteiger partial charge in [-0.05, 0) is 54.0 Å². The monoisotopic (exact) mass is 498 g/mol.